The number of hydrogen-bond donors (Lipinski definition) is 1. The Labute approximate surface area is 130 Å². The van der Waals surface area contributed by atoms with Gasteiger partial charge < -0.3 is 15.0 Å². The first-order valence-corrected chi connectivity index (χ1v) is 7.61. The third-order valence-electron chi connectivity index (χ3n) is 3.71. The largest absolute Gasteiger partial charge is 0.492 e. The van der Waals surface area contributed by atoms with Crippen molar-refractivity contribution in [3.8, 4) is 5.75 Å². The fraction of sp³-hybridized carbons (Fsp3) is 0.278. The quantitative estimate of drug-likeness (QED) is 0.760. The SMILES string of the molecule is Cc1ccc(OCCn2c(CCN)nc3ccccc32)cc1. The Morgan fingerprint density at radius 2 is 1.86 bits per heavy atom. The Kier molecular flexibility index (Phi) is 4.39. The number of imidazole rings is 1. The van der Waals surface area contributed by atoms with Gasteiger partial charge in [0.05, 0.1) is 17.6 Å². The maximum Gasteiger partial charge on any atom is 0.119 e. The smallest absolute Gasteiger partial charge is 0.119 e. The first kappa shape index (κ1) is 14.6. The number of para-hydroxylation sites is 2. The predicted molar refractivity (Wildman–Crippen MR) is 89.2 cm³/mol. The van der Waals surface area contributed by atoms with Crippen molar-refractivity contribution < 1.29 is 4.74 Å². The van der Waals surface area contributed by atoms with Gasteiger partial charge in [-0.3, -0.25) is 0 Å². The Morgan fingerprint density at radius 3 is 2.64 bits per heavy atom. The first-order chi connectivity index (χ1) is 10.8. The van der Waals surface area contributed by atoms with Crippen LogP contribution in [0.1, 0.15) is 11.4 Å². The van der Waals surface area contributed by atoms with Crippen LogP contribution >= 0.6 is 0 Å². The zero-order valence-corrected chi connectivity index (χ0v) is 12.8. The number of nitrogens with two attached hydrogens (primary N) is 1. The number of aromatic nitrogens is 2. The fourth-order valence-corrected chi connectivity index (χ4v) is 2.58. The molecule has 0 aliphatic heterocycles. The summed E-state index contributed by atoms with van der Waals surface area (Å²) in [5.41, 5.74) is 9.09. The molecule has 0 aliphatic rings. The van der Waals surface area contributed by atoms with Crippen molar-refractivity contribution in [2.24, 2.45) is 5.73 Å². The molecule has 114 valence electrons. The fourth-order valence-electron chi connectivity index (χ4n) is 2.58. The van der Waals surface area contributed by atoms with Crippen LogP contribution in [0.15, 0.2) is 48.5 Å². The summed E-state index contributed by atoms with van der Waals surface area (Å²) in [6.07, 6.45) is 0.777. The first-order valence-electron chi connectivity index (χ1n) is 7.61. The van der Waals surface area contributed by atoms with Crippen LogP contribution in [0.5, 0.6) is 5.75 Å². The molecule has 0 saturated carbocycles. The number of ether oxygens (including phenoxy) is 1. The third kappa shape index (κ3) is 3.12. The maximum absolute atomic E-state index is 5.84. The van der Waals surface area contributed by atoms with E-state index in [9.17, 15) is 0 Å². The van der Waals surface area contributed by atoms with Crippen molar-refractivity contribution in [2.75, 3.05) is 13.2 Å². The minimum absolute atomic E-state index is 0.599. The molecular weight excluding hydrogens is 274 g/mol. The third-order valence-corrected chi connectivity index (χ3v) is 3.71. The molecule has 4 nitrogen and oxygen atoms in total. The molecule has 3 rings (SSSR count). The zero-order chi connectivity index (χ0) is 15.4. The van der Waals surface area contributed by atoms with Gasteiger partial charge in [-0.15, -0.1) is 0 Å². The van der Waals surface area contributed by atoms with Crippen LogP contribution in [0.3, 0.4) is 0 Å². The van der Waals surface area contributed by atoms with Gasteiger partial charge in [-0.1, -0.05) is 29.8 Å². The Bertz CT molecular complexity index is 747. The molecule has 0 radical (unpaired) electrons. The lowest BCUT2D eigenvalue weighted by atomic mass is 10.2. The normalized spacial score (nSPS) is 11.0. The van der Waals surface area contributed by atoms with Gasteiger partial charge in [-0.25, -0.2) is 4.98 Å². The summed E-state index contributed by atoms with van der Waals surface area (Å²) < 4.78 is 8.04. The van der Waals surface area contributed by atoms with Crippen molar-refractivity contribution in [2.45, 2.75) is 19.9 Å². The van der Waals surface area contributed by atoms with Gasteiger partial charge in [0.1, 0.15) is 18.2 Å². The van der Waals surface area contributed by atoms with Gasteiger partial charge in [0.15, 0.2) is 0 Å². The lowest BCUT2D eigenvalue weighted by molar-refractivity contribution is 0.298. The highest BCUT2D eigenvalue weighted by molar-refractivity contribution is 5.75. The van der Waals surface area contributed by atoms with Crippen molar-refractivity contribution in [3.63, 3.8) is 0 Å². The molecule has 22 heavy (non-hydrogen) atoms. The second-order valence-electron chi connectivity index (χ2n) is 5.37. The van der Waals surface area contributed by atoms with Gasteiger partial charge in [-0.2, -0.15) is 0 Å². The predicted octanol–water partition coefficient (Wildman–Crippen LogP) is 2.92. The average Bonchev–Trinajstić information content (AvgIpc) is 2.88. The zero-order valence-electron chi connectivity index (χ0n) is 12.8. The molecule has 1 heterocycles. The topological polar surface area (TPSA) is 53.1 Å². The van der Waals surface area contributed by atoms with Gasteiger partial charge in [0, 0.05) is 6.42 Å². The molecular formula is C18H21N3O. The molecule has 3 aromatic rings. The Morgan fingerprint density at radius 1 is 1.09 bits per heavy atom. The molecule has 1 aromatic heterocycles. The van der Waals surface area contributed by atoms with E-state index in [1.165, 1.54) is 5.56 Å². The highest BCUT2D eigenvalue weighted by atomic mass is 16.5. The molecule has 0 spiro atoms. The molecule has 4 heteroatoms. The van der Waals surface area contributed by atoms with Crippen LogP contribution in [0.4, 0.5) is 0 Å². The molecule has 0 aliphatic carbocycles. The van der Waals surface area contributed by atoms with Crippen molar-refractivity contribution in [1.29, 1.82) is 0 Å². The van der Waals surface area contributed by atoms with Crippen molar-refractivity contribution >= 4 is 11.0 Å². The monoisotopic (exact) mass is 295 g/mol. The number of fused-ring (bicyclic) bond motifs is 1. The van der Waals surface area contributed by atoms with E-state index >= 15 is 0 Å². The van der Waals surface area contributed by atoms with Crippen LogP contribution in [0, 0.1) is 6.92 Å². The van der Waals surface area contributed by atoms with E-state index in [4.69, 9.17) is 10.5 Å². The standard InChI is InChI=1S/C18H21N3O/c1-14-6-8-15(9-7-14)22-13-12-21-17-5-3-2-4-16(17)20-18(21)10-11-19/h2-9H,10-13,19H2,1H3. The van der Waals surface area contributed by atoms with Crippen molar-refractivity contribution in [3.05, 3.63) is 59.9 Å². The highest BCUT2D eigenvalue weighted by Crippen LogP contribution is 2.17. The van der Waals surface area contributed by atoms with E-state index < -0.39 is 0 Å². The number of hydrogen-bond acceptors (Lipinski definition) is 3. The van der Waals surface area contributed by atoms with E-state index in [0.29, 0.717) is 13.2 Å². The molecule has 2 aromatic carbocycles. The van der Waals surface area contributed by atoms with Gasteiger partial charge in [0.25, 0.3) is 0 Å². The summed E-state index contributed by atoms with van der Waals surface area (Å²) in [5, 5.41) is 0. The van der Waals surface area contributed by atoms with Gasteiger partial charge in [-0.05, 0) is 37.7 Å². The molecule has 0 amide bonds. The number of rotatable bonds is 6. The van der Waals surface area contributed by atoms with E-state index in [0.717, 1.165) is 35.6 Å². The summed E-state index contributed by atoms with van der Waals surface area (Å²) in [7, 11) is 0. The van der Waals surface area contributed by atoms with E-state index in [1.54, 1.807) is 0 Å². The van der Waals surface area contributed by atoms with Crippen molar-refractivity contribution in [1.82, 2.24) is 9.55 Å². The average molecular weight is 295 g/mol. The second-order valence-corrected chi connectivity index (χ2v) is 5.37. The summed E-state index contributed by atoms with van der Waals surface area (Å²) in [6.45, 7) is 4.05. The van der Waals surface area contributed by atoms with E-state index in [2.05, 4.69) is 34.7 Å². The molecule has 0 fully saturated rings. The summed E-state index contributed by atoms with van der Waals surface area (Å²) in [6, 6.07) is 16.3. The summed E-state index contributed by atoms with van der Waals surface area (Å²) >= 11 is 0. The second kappa shape index (κ2) is 6.62. The maximum atomic E-state index is 5.84. The Hall–Kier alpha value is -2.33. The molecule has 0 saturated heterocycles. The Balaban J connectivity index is 1.74. The number of nitrogens with zero attached hydrogens (tertiary/aromatic N) is 2. The van der Waals surface area contributed by atoms with Gasteiger partial charge >= 0.3 is 0 Å². The number of benzene rings is 2. The lowest BCUT2D eigenvalue weighted by Crippen LogP contribution is -2.14. The molecule has 0 atom stereocenters. The molecule has 0 bridgehead atoms. The van der Waals surface area contributed by atoms with E-state index in [1.807, 2.05) is 30.3 Å². The van der Waals surface area contributed by atoms with Crippen LogP contribution in [0.25, 0.3) is 11.0 Å². The molecule has 2 N–H and O–H groups in total. The summed E-state index contributed by atoms with van der Waals surface area (Å²) in [5.74, 6) is 1.92. The minimum Gasteiger partial charge on any atom is -0.492 e. The summed E-state index contributed by atoms with van der Waals surface area (Å²) in [4.78, 5) is 4.67. The van der Waals surface area contributed by atoms with Crippen LogP contribution in [0.2, 0.25) is 0 Å². The minimum atomic E-state index is 0.599. The van der Waals surface area contributed by atoms with Gasteiger partial charge in [0.2, 0.25) is 0 Å². The number of aryl methyl sites for hydroxylation is 1. The highest BCUT2D eigenvalue weighted by Gasteiger charge is 2.09. The molecule has 0 unspecified atom stereocenters. The lowest BCUT2D eigenvalue weighted by Gasteiger charge is -2.10. The van der Waals surface area contributed by atoms with Crippen LogP contribution in [-0.2, 0) is 13.0 Å². The van der Waals surface area contributed by atoms with Crippen LogP contribution in [-0.4, -0.2) is 22.7 Å². The van der Waals surface area contributed by atoms with E-state index in [-0.39, 0.29) is 0 Å². The van der Waals surface area contributed by atoms with Crippen LogP contribution < -0.4 is 10.5 Å².